The number of ether oxygens (including phenoxy) is 1. The minimum absolute atomic E-state index is 0.327. The SMILES string of the molecule is CCOC(=O)c1ccccc1Nc1ccnc(N(CC)c2ccccc2)n1. The van der Waals surface area contributed by atoms with Crippen molar-refractivity contribution in [3.63, 3.8) is 0 Å². The Morgan fingerprint density at radius 2 is 1.78 bits per heavy atom. The van der Waals surface area contributed by atoms with Crippen LogP contribution in [0, 0.1) is 0 Å². The smallest absolute Gasteiger partial charge is 0.340 e. The topological polar surface area (TPSA) is 67.3 Å². The van der Waals surface area contributed by atoms with Gasteiger partial charge in [-0.05, 0) is 44.2 Å². The Morgan fingerprint density at radius 1 is 1.04 bits per heavy atom. The van der Waals surface area contributed by atoms with Crippen molar-refractivity contribution in [2.24, 2.45) is 0 Å². The predicted molar refractivity (Wildman–Crippen MR) is 107 cm³/mol. The highest BCUT2D eigenvalue weighted by molar-refractivity contribution is 5.96. The van der Waals surface area contributed by atoms with Crippen LogP contribution in [0.25, 0.3) is 0 Å². The van der Waals surface area contributed by atoms with Crippen molar-refractivity contribution >= 4 is 29.1 Å². The summed E-state index contributed by atoms with van der Waals surface area (Å²) in [4.78, 5) is 23.2. The fourth-order valence-corrected chi connectivity index (χ4v) is 2.71. The second kappa shape index (κ2) is 8.80. The number of rotatable bonds is 7. The molecule has 1 aromatic heterocycles. The molecule has 0 amide bonds. The van der Waals surface area contributed by atoms with Crippen molar-refractivity contribution in [1.29, 1.82) is 0 Å². The van der Waals surface area contributed by atoms with E-state index in [0.29, 0.717) is 29.6 Å². The Balaban J connectivity index is 1.88. The molecule has 0 aliphatic heterocycles. The van der Waals surface area contributed by atoms with Gasteiger partial charge in [0.1, 0.15) is 5.82 Å². The number of hydrogen-bond acceptors (Lipinski definition) is 6. The molecule has 0 fully saturated rings. The molecule has 3 rings (SSSR count). The van der Waals surface area contributed by atoms with Gasteiger partial charge in [0.05, 0.1) is 17.9 Å². The van der Waals surface area contributed by atoms with Crippen molar-refractivity contribution in [2.45, 2.75) is 13.8 Å². The third-order valence-corrected chi connectivity index (χ3v) is 3.95. The van der Waals surface area contributed by atoms with Gasteiger partial charge >= 0.3 is 5.97 Å². The van der Waals surface area contributed by atoms with Gasteiger partial charge in [0, 0.05) is 18.4 Å². The summed E-state index contributed by atoms with van der Waals surface area (Å²) in [5.41, 5.74) is 2.13. The zero-order valence-electron chi connectivity index (χ0n) is 15.4. The molecule has 6 nitrogen and oxygen atoms in total. The zero-order chi connectivity index (χ0) is 19.1. The molecule has 27 heavy (non-hydrogen) atoms. The fraction of sp³-hybridized carbons (Fsp3) is 0.190. The lowest BCUT2D eigenvalue weighted by Crippen LogP contribution is -2.19. The van der Waals surface area contributed by atoms with Gasteiger partial charge in [0.2, 0.25) is 5.95 Å². The molecule has 2 aromatic carbocycles. The maximum absolute atomic E-state index is 12.2. The van der Waals surface area contributed by atoms with Crippen LogP contribution < -0.4 is 10.2 Å². The molecule has 0 unspecified atom stereocenters. The van der Waals surface area contributed by atoms with E-state index in [-0.39, 0.29) is 5.97 Å². The van der Waals surface area contributed by atoms with Gasteiger partial charge in [-0.15, -0.1) is 0 Å². The Hall–Kier alpha value is -3.41. The Bertz CT molecular complexity index is 899. The zero-order valence-corrected chi connectivity index (χ0v) is 15.4. The number of hydrogen-bond donors (Lipinski definition) is 1. The van der Waals surface area contributed by atoms with Crippen molar-refractivity contribution in [1.82, 2.24) is 9.97 Å². The van der Waals surface area contributed by atoms with Crippen LogP contribution >= 0.6 is 0 Å². The fourth-order valence-electron chi connectivity index (χ4n) is 2.71. The maximum atomic E-state index is 12.2. The standard InChI is InChI=1S/C21H22N4O2/c1-3-25(16-10-6-5-7-11-16)21-22-15-14-19(24-21)23-18-13-9-8-12-17(18)20(26)27-4-2/h5-15H,3-4H2,1-2H3,(H,22,23,24). The normalized spacial score (nSPS) is 10.3. The lowest BCUT2D eigenvalue weighted by atomic mass is 10.2. The Morgan fingerprint density at radius 3 is 2.52 bits per heavy atom. The summed E-state index contributed by atoms with van der Waals surface area (Å²) in [5, 5.41) is 3.20. The molecule has 138 valence electrons. The molecule has 0 saturated carbocycles. The van der Waals surface area contributed by atoms with Crippen LogP contribution in [0.1, 0.15) is 24.2 Å². The van der Waals surface area contributed by atoms with E-state index in [1.54, 1.807) is 31.3 Å². The molecule has 1 N–H and O–H groups in total. The van der Waals surface area contributed by atoms with Gasteiger partial charge in [-0.25, -0.2) is 9.78 Å². The number of nitrogens with one attached hydrogen (secondary N) is 1. The van der Waals surface area contributed by atoms with Crippen LogP contribution in [-0.4, -0.2) is 29.1 Å². The first-order valence-corrected chi connectivity index (χ1v) is 8.91. The summed E-state index contributed by atoms with van der Waals surface area (Å²) < 4.78 is 5.12. The Kier molecular flexibility index (Phi) is 5.99. The van der Waals surface area contributed by atoms with Crippen molar-refractivity contribution in [3.05, 3.63) is 72.4 Å². The monoisotopic (exact) mass is 362 g/mol. The molecule has 0 bridgehead atoms. The molecular weight excluding hydrogens is 340 g/mol. The van der Waals surface area contributed by atoms with E-state index in [9.17, 15) is 4.79 Å². The third kappa shape index (κ3) is 4.41. The van der Waals surface area contributed by atoms with Crippen molar-refractivity contribution in [3.8, 4) is 0 Å². The van der Waals surface area contributed by atoms with Crippen molar-refractivity contribution in [2.75, 3.05) is 23.4 Å². The molecule has 3 aromatic rings. The summed E-state index contributed by atoms with van der Waals surface area (Å²) in [5.74, 6) is 0.822. The van der Waals surface area contributed by atoms with Crippen LogP contribution in [0.15, 0.2) is 66.9 Å². The van der Waals surface area contributed by atoms with Crippen LogP contribution in [0.2, 0.25) is 0 Å². The number of benzene rings is 2. The largest absolute Gasteiger partial charge is 0.462 e. The first-order valence-electron chi connectivity index (χ1n) is 8.91. The molecule has 0 saturated heterocycles. The van der Waals surface area contributed by atoms with E-state index in [4.69, 9.17) is 4.74 Å². The highest BCUT2D eigenvalue weighted by Crippen LogP contribution is 2.24. The van der Waals surface area contributed by atoms with E-state index in [1.165, 1.54) is 0 Å². The number of esters is 1. The first-order chi connectivity index (χ1) is 13.2. The van der Waals surface area contributed by atoms with E-state index in [0.717, 1.165) is 12.2 Å². The maximum Gasteiger partial charge on any atom is 0.340 e. The highest BCUT2D eigenvalue weighted by atomic mass is 16.5. The molecule has 1 heterocycles. The van der Waals surface area contributed by atoms with Gasteiger partial charge in [-0.1, -0.05) is 30.3 Å². The highest BCUT2D eigenvalue weighted by Gasteiger charge is 2.14. The lowest BCUT2D eigenvalue weighted by Gasteiger charge is -2.21. The van der Waals surface area contributed by atoms with E-state index >= 15 is 0 Å². The molecule has 0 aliphatic carbocycles. The lowest BCUT2D eigenvalue weighted by molar-refractivity contribution is 0.0527. The van der Waals surface area contributed by atoms with Gasteiger partial charge in [0.25, 0.3) is 0 Å². The van der Waals surface area contributed by atoms with E-state index < -0.39 is 0 Å². The number of carbonyl (C=O) groups excluding carboxylic acids is 1. The van der Waals surface area contributed by atoms with E-state index in [1.807, 2.05) is 54.3 Å². The minimum Gasteiger partial charge on any atom is -0.462 e. The summed E-state index contributed by atoms with van der Waals surface area (Å²) in [7, 11) is 0. The Labute approximate surface area is 158 Å². The summed E-state index contributed by atoms with van der Waals surface area (Å²) >= 11 is 0. The van der Waals surface area contributed by atoms with Gasteiger partial charge < -0.3 is 15.0 Å². The first kappa shape index (κ1) is 18.4. The number of para-hydroxylation sites is 2. The second-order valence-corrected chi connectivity index (χ2v) is 5.71. The molecule has 0 radical (unpaired) electrons. The summed E-state index contributed by atoms with van der Waals surface area (Å²) in [6.07, 6.45) is 1.70. The quantitative estimate of drug-likeness (QED) is 0.622. The molecule has 6 heteroatoms. The molecule has 0 atom stereocenters. The van der Waals surface area contributed by atoms with E-state index in [2.05, 4.69) is 15.3 Å². The van der Waals surface area contributed by atoms with Crippen LogP contribution in [0.4, 0.5) is 23.1 Å². The minimum atomic E-state index is -0.366. The van der Waals surface area contributed by atoms with Crippen LogP contribution in [0.5, 0.6) is 0 Å². The third-order valence-electron chi connectivity index (χ3n) is 3.95. The predicted octanol–water partition coefficient (Wildman–Crippen LogP) is 4.55. The number of carbonyl (C=O) groups is 1. The van der Waals surface area contributed by atoms with Crippen LogP contribution in [0.3, 0.4) is 0 Å². The van der Waals surface area contributed by atoms with Gasteiger partial charge in [0.15, 0.2) is 0 Å². The van der Waals surface area contributed by atoms with Crippen molar-refractivity contribution < 1.29 is 9.53 Å². The average molecular weight is 362 g/mol. The van der Waals surface area contributed by atoms with Gasteiger partial charge in [-0.2, -0.15) is 4.98 Å². The second-order valence-electron chi connectivity index (χ2n) is 5.71. The number of anilines is 4. The summed E-state index contributed by atoms with van der Waals surface area (Å²) in [6, 6.07) is 18.9. The average Bonchev–Trinajstić information content (AvgIpc) is 2.70. The molecular formula is C21H22N4O2. The summed E-state index contributed by atoms with van der Waals surface area (Å²) in [6.45, 7) is 4.89. The molecule has 0 aliphatic rings. The number of aromatic nitrogens is 2. The van der Waals surface area contributed by atoms with Crippen LogP contribution in [-0.2, 0) is 4.74 Å². The number of nitrogens with zero attached hydrogens (tertiary/aromatic N) is 3. The molecule has 0 spiro atoms. The van der Waals surface area contributed by atoms with Gasteiger partial charge in [-0.3, -0.25) is 0 Å².